The van der Waals surface area contributed by atoms with Crippen molar-refractivity contribution in [3.05, 3.63) is 104 Å². The first kappa shape index (κ1) is 20.0. The lowest BCUT2D eigenvalue weighted by atomic mass is 10.0. The molecule has 0 aliphatic carbocycles. The number of aromatic nitrogens is 1. The number of nitrogens with one attached hydrogen (secondary N) is 1. The van der Waals surface area contributed by atoms with Gasteiger partial charge in [-0.05, 0) is 53.1 Å². The first-order valence-corrected chi connectivity index (χ1v) is 10.3. The summed E-state index contributed by atoms with van der Waals surface area (Å²) in [6.07, 6.45) is 0. The van der Waals surface area contributed by atoms with Crippen molar-refractivity contribution in [3.8, 4) is 0 Å². The van der Waals surface area contributed by atoms with Crippen LogP contribution in [0.4, 0.5) is 8.78 Å². The molecule has 30 heavy (non-hydrogen) atoms. The average Bonchev–Trinajstić information content (AvgIpc) is 3.23. The van der Waals surface area contributed by atoms with Crippen LogP contribution in [0, 0.1) is 18.6 Å². The molecular weight excluding hydrogens is 406 g/mol. The fraction of sp³-hybridized carbons (Fsp3) is 0.130. The number of fused-ring (bicyclic) bond motifs is 1. The van der Waals surface area contributed by atoms with Crippen molar-refractivity contribution in [2.75, 3.05) is 0 Å². The van der Waals surface area contributed by atoms with Crippen LogP contribution < -0.4 is 10.9 Å². The maximum absolute atomic E-state index is 14.6. The van der Waals surface area contributed by atoms with E-state index >= 15 is 0 Å². The minimum absolute atomic E-state index is 0.108. The van der Waals surface area contributed by atoms with Crippen LogP contribution in [0.2, 0.25) is 0 Å². The zero-order valence-electron chi connectivity index (χ0n) is 16.1. The molecule has 2 heterocycles. The number of carbonyl (C=O) groups is 1. The Bertz CT molecular complexity index is 1300. The number of nitrogens with zero attached hydrogens (tertiary/aromatic N) is 1. The maximum atomic E-state index is 14.6. The van der Waals surface area contributed by atoms with Gasteiger partial charge in [-0.25, -0.2) is 8.78 Å². The lowest BCUT2D eigenvalue weighted by Gasteiger charge is -2.17. The van der Waals surface area contributed by atoms with Crippen LogP contribution in [-0.2, 0) is 13.1 Å². The standard InChI is InChI=1S/C23H18F2N2O2S/c1-14-20(22(28)26-11-15-4-2-5-17(24)10-15)18-6-3-7-19(25)21(18)23(29)27(14)12-16-8-9-30-13-16/h2-10,13H,11-12H2,1H3,(H,26,28). The predicted molar refractivity (Wildman–Crippen MR) is 114 cm³/mol. The van der Waals surface area contributed by atoms with Gasteiger partial charge in [0.1, 0.15) is 11.6 Å². The fourth-order valence-electron chi connectivity index (χ4n) is 3.53. The van der Waals surface area contributed by atoms with E-state index in [0.717, 1.165) is 5.56 Å². The molecule has 0 radical (unpaired) electrons. The number of amides is 1. The highest BCUT2D eigenvalue weighted by atomic mass is 32.1. The molecule has 1 amide bonds. The van der Waals surface area contributed by atoms with Gasteiger partial charge in [-0.2, -0.15) is 11.3 Å². The van der Waals surface area contributed by atoms with Crippen molar-refractivity contribution < 1.29 is 13.6 Å². The van der Waals surface area contributed by atoms with E-state index in [1.807, 2.05) is 16.8 Å². The summed E-state index contributed by atoms with van der Waals surface area (Å²) in [7, 11) is 0. The molecule has 0 saturated heterocycles. The zero-order valence-corrected chi connectivity index (χ0v) is 16.9. The van der Waals surface area contributed by atoms with Gasteiger partial charge in [0, 0.05) is 17.6 Å². The summed E-state index contributed by atoms with van der Waals surface area (Å²) in [5.41, 5.74) is 1.69. The Morgan fingerprint density at radius 3 is 2.63 bits per heavy atom. The lowest BCUT2D eigenvalue weighted by molar-refractivity contribution is 0.0951. The lowest BCUT2D eigenvalue weighted by Crippen LogP contribution is -2.30. The highest BCUT2D eigenvalue weighted by molar-refractivity contribution is 7.07. The van der Waals surface area contributed by atoms with Gasteiger partial charge in [-0.3, -0.25) is 9.59 Å². The topological polar surface area (TPSA) is 51.1 Å². The fourth-order valence-corrected chi connectivity index (χ4v) is 4.19. The highest BCUT2D eigenvalue weighted by Gasteiger charge is 2.21. The minimum Gasteiger partial charge on any atom is -0.348 e. The number of hydrogen-bond acceptors (Lipinski definition) is 3. The molecule has 4 rings (SSSR count). The summed E-state index contributed by atoms with van der Waals surface area (Å²) in [6.45, 7) is 2.02. The zero-order chi connectivity index (χ0) is 21.3. The summed E-state index contributed by atoms with van der Waals surface area (Å²) in [5, 5.41) is 6.70. The van der Waals surface area contributed by atoms with Gasteiger partial charge in [0.15, 0.2) is 0 Å². The van der Waals surface area contributed by atoms with E-state index in [2.05, 4.69) is 5.32 Å². The van der Waals surface area contributed by atoms with E-state index in [9.17, 15) is 18.4 Å². The van der Waals surface area contributed by atoms with Crippen LogP contribution in [-0.4, -0.2) is 10.5 Å². The van der Waals surface area contributed by atoms with Crippen molar-refractivity contribution >= 4 is 28.0 Å². The van der Waals surface area contributed by atoms with Gasteiger partial charge in [0.2, 0.25) is 0 Å². The van der Waals surface area contributed by atoms with Crippen LogP contribution >= 0.6 is 11.3 Å². The summed E-state index contributed by atoms with van der Waals surface area (Å²) in [6, 6.07) is 12.1. The Morgan fingerprint density at radius 2 is 1.90 bits per heavy atom. The monoisotopic (exact) mass is 424 g/mol. The third-order valence-electron chi connectivity index (χ3n) is 5.00. The van der Waals surface area contributed by atoms with Crippen molar-refractivity contribution in [2.45, 2.75) is 20.0 Å². The molecule has 0 saturated carbocycles. The first-order valence-electron chi connectivity index (χ1n) is 9.31. The minimum atomic E-state index is -0.671. The van der Waals surface area contributed by atoms with E-state index < -0.39 is 23.1 Å². The van der Waals surface area contributed by atoms with Crippen LogP contribution in [0.1, 0.15) is 27.2 Å². The van der Waals surface area contributed by atoms with Crippen molar-refractivity contribution in [1.29, 1.82) is 0 Å². The first-order chi connectivity index (χ1) is 14.5. The Kier molecular flexibility index (Phi) is 5.46. The second kappa shape index (κ2) is 8.20. The molecule has 0 spiro atoms. The van der Waals surface area contributed by atoms with E-state index in [1.165, 1.54) is 40.2 Å². The van der Waals surface area contributed by atoms with Gasteiger partial charge in [-0.1, -0.05) is 24.3 Å². The predicted octanol–water partition coefficient (Wildman–Crippen LogP) is 4.63. The molecule has 0 aliphatic rings. The second-order valence-corrected chi connectivity index (χ2v) is 7.74. The van der Waals surface area contributed by atoms with Crippen molar-refractivity contribution in [2.24, 2.45) is 0 Å². The number of halogens is 2. The molecular formula is C23H18F2N2O2S. The molecule has 4 aromatic rings. The Labute approximate surface area is 175 Å². The largest absolute Gasteiger partial charge is 0.348 e. The number of benzene rings is 2. The molecule has 0 aliphatic heterocycles. The number of pyridine rings is 1. The summed E-state index contributed by atoms with van der Waals surface area (Å²) < 4.78 is 29.4. The number of hydrogen-bond donors (Lipinski definition) is 1. The summed E-state index contributed by atoms with van der Waals surface area (Å²) in [4.78, 5) is 26.1. The number of thiophene rings is 1. The quantitative estimate of drug-likeness (QED) is 0.508. The average molecular weight is 424 g/mol. The van der Waals surface area contributed by atoms with Gasteiger partial charge in [-0.15, -0.1) is 0 Å². The molecule has 0 bridgehead atoms. The Balaban J connectivity index is 1.80. The molecule has 1 N–H and O–H groups in total. The number of rotatable bonds is 5. The SMILES string of the molecule is Cc1c(C(=O)NCc2cccc(F)c2)c2cccc(F)c2c(=O)n1Cc1ccsc1. The van der Waals surface area contributed by atoms with Gasteiger partial charge >= 0.3 is 0 Å². The molecule has 0 fully saturated rings. The summed E-state index contributed by atoms with van der Waals surface area (Å²) >= 11 is 1.50. The van der Waals surface area contributed by atoms with Crippen LogP contribution in [0.15, 0.2) is 64.1 Å². The molecule has 152 valence electrons. The van der Waals surface area contributed by atoms with Crippen LogP contribution in [0.3, 0.4) is 0 Å². The smallest absolute Gasteiger partial charge is 0.261 e. The van der Waals surface area contributed by atoms with Crippen LogP contribution in [0.5, 0.6) is 0 Å². The molecule has 4 nitrogen and oxygen atoms in total. The molecule has 0 atom stereocenters. The molecule has 0 unspecified atom stereocenters. The van der Waals surface area contributed by atoms with Gasteiger partial charge in [0.05, 0.1) is 17.5 Å². The maximum Gasteiger partial charge on any atom is 0.261 e. The molecule has 2 aromatic heterocycles. The van der Waals surface area contributed by atoms with Crippen molar-refractivity contribution in [3.63, 3.8) is 0 Å². The highest BCUT2D eigenvalue weighted by Crippen LogP contribution is 2.23. The van der Waals surface area contributed by atoms with E-state index in [4.69, 9.17) is 0 Å². The summed E-state index contributed by atoms with van der Waals surface area (Å²) in [5.74, 6) is -1.52. The molecule has 7 heteroatoms. The van der Waals surface area contributed by atoms with Gasteiger partial charge in [0.25, 0.3) is 11.5 Å². The normalized spacial score (nSPS) is 11.0. The number of carbonyl (C=O) groups excluding carboxylic acids is 1. The molecule has 2 aromatic carbocycles. The Morgan fingerprint density at radius 1 is 1.10 bits per heavy atom. The Hall–Kier alpha value is -3.32. The second-order valence-electron chi connectivity index (χ2n) is 6.96. The third kappa shape index (κ3) is 3.76. The van der Waals surface area contributed by atoms with E-state index in [1.54, 1.807) is 25.1 Å². The van der Waals surface area contributed by atoms with Gasteiger partial charge < -0.3 is 9.88 Å². The third-order valence-corrected chi connectivity index (χ3v) is 5.73. The van der Waals surface area contributed by atoms with Crippen LogP contribution in [0.25, 0.3) is 10.8 Å². The van der Waals surface area contributed by atoms with E-state index in [-0.39, 0.29) is 29.4 Å². The van der Waals surface area contributed by atoms with E-state index in [0.29, 0.717) is 11.3 Å². The van der Waals surface area contributed by atoms with Crippen molar-refractivity contribution in [1.82, 2.24) is 9.88 Å².